The highest BCUT2D eigenvalue weighted by Gasteiger charge is 2.31. The van der Waals surface area contributed by atoms with Gasteiger partial charge in [0.15, 0.2) is 0 Å². The van der Waals surface area contributed by atoms with Crippen LogP contribution >= 0.6 is 11.6 Å². The fourth-order valence-corrected chi connectivity index (χ4v) is 3.41. The highest BCUT2D eigenvalue weighted by atomic mass is 35.5. The van der Waals surface area contributed by atoms with Gasteiger partial charge < -0.3 is 20.2 Å². The molecule has 28 heavy (non-hydrogen) atoms. The molecule has 0 unspecified atom stereocenters. The SMILES string of the molecule is COc1ccc(Cl)cc1-c1[nH]c2ccc(OC(F)(F)F)cc2c1CCCCN. The van der Waals surface area contributed by atoms with Gasteiger partial charge in [-0.3, -0.25) is 0 Å². The zero-order valence-corrected chi connectivity index (χ0v) is 16.0. The smallest absolute Gasteiger partial charge is 0.496 e. The third-order valence-electron chi connectivity index (χ3n) is 4.42. The van der Waals surface area contributed by atoms with E-state index in [1.807, 2.05) is 0 Å². The van der Waals surface area contributed by atoms with E-state index in [4.69, 9.17) is 22.1 Å². The van der Waals surface area contributed by atoms with Crippen LogP contribution in [-0.4, -0.2) is 25.0 Å². The van der Waals surface area contributed by atoms with E-state index < -0.39 is 6.36 Å². The first kappa shape index (κ1) is 20.4. The monoisotopic (exact) mass is 412 g/mol. The lowest BCUT2D eigenvalue weighted by Gasteiger charge is -2.11. The molecule has 0 saturated heterocycles. The molecule has 8 heteroatoms. The first-order valence-corrected chi connectivity index (χ1v) is 9.14. The van der Waals surface area contributed by atoms with Gasteiger partial charge >= 0.3 is 6.36 Å². The van der Waals surface area contributed by atoms with Crippen molar-refractivity contribution in [1.29, 1.82) is 0 Å². The summed E-state index contributed by atoms with van der Waals surface area (Å²) in [4.78, 5) is 3.29. The summed E-state index contributed by atoms with van der Waals surface area (Å²) in [6.07, 6.45) is -2.51. The van der Waals surface area contributed by atoms with E-state index in [2.05, 4.69) is 9.72 Å². The first-order valence-electron chi connectivity index (χ1n) is 8.76. The Morgan fingerprint density at radius 1 is 1.11 bits per heavy atom. The molecule has 4 nitrogen and oxygen atoms in total. The molecule has 3 rings (SSSR count). The highest BCUT2D eigenvalue weighted by Crippen LogP contribution is 2.39. The number of ether oxygens (including phenoxy) is 2. The minimum absolute atomic E-state index is 0.260. The van der Waals surface area contributed by atoms with Crippen LogP contribution in [0.5, 0.6) is 11.5 Å². The summed E-state index contributed by atoms with van der Waals surface area (Å²) in [6, 6.07) is 9.50. The van der Waals surface area contributed by atoms with Crippen LogP contribution in [0.15, 0.2) is 36.4 Å². The molecule has 0 aliphatic carbocycles. The molecule has 0 radical (unpaired) electrons. The van der Waals surface area contributed by atoms with Crippen LogP contribution < -0.4 is 15.2 Å². The zero-order chi connectivity index (χ0) is 20.3. The topological polar surface area (TPSA) is 60.3 Å². The Morgan fingerprint density at radius 3 is 2.57 bits per heavy atom. The molecule has 0 aliphatic heterocycles. The number of fused-ring (bicyclic) bond motifs is 1. The Kier molecular flexibility index (Phi) is 6.05. The van der Waals surface area contributed by atoms with Crippen molar-refractivity contribution >= 4 is 22.5 Å². The van der Waals surface area contributed by atoms with Gasteiger partial charge in [-0.2, -0.15) is 0 Å². The summed E-state index contributed by atoms with van der Waals surface area (Å²) in [7, 11) is 1.55. The average Bonchev–Trinajstić information content (AvgIpc) is 2.98. The second-order valence-corrected chi connectivity index (χ2v) is 6.76. The van der Waals surface area contributed by atoms with Crippen molar-refractivity contribution in [2.24, 2.45) is 5.73 Å². The van der Waals surface area contributed by atoms with Gasteiger partial charge in [-0.1, -0.05) is 11.6 Å². The lowest BCUT2D eigenvalue weighted by atomic mass is 9.99. The van der Waals surface area contributed by atoms with Gasteiger partial charge in [0.05, 0.1) is 12.8 Å². The molecule has 150 valence electrons. The first-order chi connectivity index (χ1) is 13.3. The van der Waals surface area contributed by atoms with E-state index >= 15 is 0 Å². The van der Waals surface area contributed by atoms with E-state index in [0.717, 1.165) is 29.7 Å². The van der Waals surface area contributed by atoms with Gasteiger partial charge in [0.1, 0.15) is 11.5 Å². The Bertz CT molecular complexity index is 970. The van der Waals surface area contributed by atoms with E-state index in [9.17, 15) is 13.2 Å². The zero-order valence-electron chi connectivity index (χ0n) is 15.2. The number of rotatable bonds is 7. The minimum Gasteiger partial charge on any atom is -0.496 e. The number of unbranched alkanes of at least 4 members (excludes halogenated alkanes) is 1. The number of alkyl halides is 3. The van der Waals surface area contributed by atoms with Crippen molar-refractivity contribution in [3.8, 4) is 22.8 Å². The fourth-order valence-electron chi connectivity index (χ4n) is 3.24. The number of H-pyrrole nitrogens is 1. The van der Waals surface area contributed by atoms with Crippen LogP contribution in [-0.2, 0) is 6.42 Å². The molecule has 0 aliphatic rings. The molecule has 0 bridgehead atoms. The van der Waals surface area contributed by atoms with Gasteiger partial charge in [-0.05, 0) is 67.8 Å². The van der Waals surface area contributed by atoms with Crippen molar-refractivity contribution < 1.29 is 22.6 Å². The van der Waals surface area contributed by atoms with Gasteiger partial charge in [0.2, 0.25) is 0 Å². The molecule has 0 saturated carbocycles. The molecular formula is C20H20ClF3N2O2. The maximum atomic E-state index is 12.6. The number of hydrogen-bond acceptors (Lipinski definition) is 3. The number of aromatic amines is 1. The molecule has 0 spiro atoms. The van der Waals surface area contributed by atoms with E-state index in [1.165, 1.54) is 12.1 Å². The lowest BCUT2D eigenvalue weighted by molar-refractivity contribution is -0.274. The van der Waals surface area contributed by atoms with Gasteiger partial charge in [-0.25, -0.2) is 0 Å². The van der Waals surface area contributed by atoms with E-state index in [-0.39, 0.29) is 5.75 Å². The molecule has 2 aromatic carbocycles. The quantitative estimate of drug-likeness (QED) is 0.491. The fraction of sp³-hybridized carbons (Fsp3) is 0.300. The molecule has 1 aromatic heterocycles. The molecule has 0 fully saturated rings. The summed E-state index contributed by atoms with van der Waals surface area (Å²) in [5, 5.41) is 1.19. The molecule has 0 amide bonds. The Morgan fingerprint density at radius 2 is 1.89 bits per heavy atom. The summed E-state index contributed by atoms with van der Waals surface area (Å²) in [6.45, 7) is 0.542. The standard InChI is InChI=1S/C20H20ClF3N2O2/c1-27-18-8-5-12(21)10-16(18)19-14(4-2-3-9-25)15-11-13(28-20(22,23)24)6-7-17(15)26-19/h5-8,10-11,26H,2-4,9,25H2,1H3. The van der Waals surface area contributed by atoms with Gasteiger partial charge in [0.25, 0.3) is 0 Å². The average molecular weight is 413 g/mol. The second kappa shape index (κ2) is 8.32. The van der Waals surface area contributed by atoms with Crippen molar-refractivity contribution in [2.45, 2.75) is 25.6 Å². The van der Waals surface area contributed by atoms with Crippen molar-refractivity contribution in [3.05, 3.63) is 47.0 Å². The number of methoxy groups -OCH3 is 1. The van der Waals surface area contributed by atoms with Crippen molar-refractivity contribution in [2.75, 3.05) is 13.7 Å². The molecule has 3 aromatic rings. The summed E-state index contributed by atoms with van der Waals surface area (Å²) in [5.41, 5.74) is 8.68. The number of nitrogens with one attached hydrogen (secondary N) is 1. The number of benzene rings is 2. The number of halogens is 4. The van der Waals surface area contributed by atoms with Crippen LogP contribution in [0.25, 0.3) is 22.2 Å². The van der Waals surface area contributed by atoms with Crippen molar-refractivity contribution in [1.82, 2.24) is 4.98 Å². The van der Waals surface area contributed by atoms with E-state index in [0.29, 0.717) is 34.6 Å². The number of aryl methyl sites for hydroxylation is 1. The number of aromatic nitrogens is 1. The van der Waals surface area contributed by atoms with Gasteiger partial charge in [0, 0.05) is 21.5 Å². The van der Waals surface area contributed by atoms with Crippen LogP contribution in [0.4, 0.5) is 13.2 Å². The summed E-state index contributed by atoms with van der Waals surface area (Å²) < 4.78 is 47.4. The van der Waals surface area contributed by atoms with Crippen LogP contribution in [0.1, 0.15) is 18.4 Å². The molecule has 3 N–H and O–H groups in total. The third-order valence-corrected chi connectivity index (χ3v) is 4.66. The maximum absolute atomic E-state index is 12.6. The van der Waals surface area contributed by atoms with E-state index in [1.54, 1.807) is 31.4 Å². The van der Waals surface area contributed by atoms with Crippen LogP contribution in [0.3, 0.4) is 0 Å². The number of nitrogens with two attached hydrogens (primary N) is 1. The second-order valence-electron chi connectivity index (χ2n) is 6.32. The molecule has 0 atom stereocenters. The predicted octanol–water partition coefficient (Wildman–Crippen LogP) is 5.68. The van der Waals surface area contributed by atoms with Gasteiger partial charge in [-0.15, -0.1) is 13.2 Å². The largest absolute Gasteiger partial charge is 0.573 e. The maximum Gasteiger partial charge on any atom is 0.573 e. The molecular weight excluding hydrogens is 393 g/mol. The predicted molar refractivity (Wildman–Crippen MR) is 104 cm³/mol. The summed E-state index contributed by atoms with van der Waals surface area (Å²) >= 11 is 6.17. The van der Waals surface area contributed by atoms with Crippen LogP contribution in [0, 0.1) is 0 Å². The minimum atomic E-state index is -4.75. The summed E-state index contributed by atoms with van der Waals surface area (Å²) in [5.74, 6) is 0.353. The Labute approximate surface area is 165 Å². The normalized spacial score (nSPS) is 11.8. The number of hydrogen-bond donors (Lipinski definition) is 2. The van der Waals surface area contributed by atoms with Crippen molar-refractivity contribution in [3.63, 3.8) is 0 Å². The highest BCUT2D eigenvalue weighted by molar-refractivity contribution is 6.31. The Hall–Kier alpha value is -2.38. The third kappa shape index (κ3) is 4.54. The van der Waals surface area contributed by atoms with Crippen LogP contribution in [0.2, 0.25) is 5.02 Å². The Balaban J connectivity index is 2.16. The lowest BCUT2D eigenvalue weighted by Crippen LogP contribution is -2.16. The molecule has 1 heterocycles.